The first-order chi connectivity index (χ1) is 16.6. The number of carbonyl (C=O) groups is 2. The Hall–Kier alpha value is -4.13. The van der Waals surface area contributed by atoms with Crippen LogP contribution in [0.4, 0.5) is 4.79 Å². The van der Waals surface area contributed by atoms with Gasteiger partial charge in [0.25, 0.3) is 5.91 Å². The number of aromatic nitrogens is 1. The molecule has 1 atom stereocenters. The molecular weight excluding hydrogens is 442 g/mol. The molecule has 0 saturated carbocycles. The highest BCUT2D eigenvalue weighted by Gasteiger charge is 2.35. The lowest BCUT2D eigenvalue weighted by molar-refractivity contribution is 0.1000. The minimum absolute atomic E-state index is 0.134. The van der Waals surface area contributed by atoms with Gasteiger partial charge in [0, 0.05) is 17.8 Å². The summed E-state index contributed by atoms with van der Waals surface area (Å²) >= 11 is 0. The Balaban J connectivity index is 1.68. The number of primary amides is 1. The largest absolute Gasteiger partial charge is 0.465 e. The molecule has 4 rings (SSSR count). The van der Waals surface area contributed by atoms with Gasteiger partial charge in [-0.1, -0.05) is 39.0 Å². The molecule has 0 radical (unpaired) electrons. The maximum atomic E-state index is 12.1. The van der Waals surface area contributed by atoms with Crippen molar-refractivity contribution in [2.24, 2.45) is 11.1 Å². The van der Waals surface area contributed by atoms with Gasteiger partial charge in [-0.15, -0.1) is 0 Å². The van der Waals surface area contributed by atoms with Crippen molar-refractivity contribution in [3.05, 3.63) is 84.2 Å². The second kappa shape index (κ2) is 9.62. The molecule has 180 valence electrons. The second-order valence-corrected chi connectivity index (χ2v) is 9.66. The molecule has 2 heterocycles. The lowest BCUT2D eigenvalue weighted by atomic mass is 9.80. The number of nitrogens with zero attached hydrogens (tertiary/aromatic N) is 2. The Morgan fingerprint density at radius 1 is 1.00 bits per heavy atom. The van der Waals surface area contributed by atoms with Crippen LogP contribution in [0, 0.1) is 5.41 Å². The molecule has 2 amide bonds. The van der Waals surface area contributed by atoms with Crippen LogP contribution in [0.15, 0.2) is 72.9 Å². The fraction of sp³-hybridized carbons (Fsp3) is 0.250. The van der Waals surface area contributed by atoms with E-state index in [1.54, 1.807) is 30.5 Å². The Labute approximate surface area is 204 Å². The predicted molar refractivity (Wildman–Crippen MR) is 135 cm³/mol. The predicted octanol–water partition coefficient (Wildman–Crippen LogP) is 6.17. The van der Waals surface area contributed by atoms with E-state index in [4.69, 9.17) is 15.5 Å². The number of para-hydroxylation sites is 1. The summed E-state index contributed by atoms with van der Waals surface area (Å²) in [7, 11) is 0. The van der Waals surface area contributed by atoms with E-state index < -0.39 is 12.0 Å². The van der Waals surface area contributed by atoms with Gasteiger partial charge in [-0.25, -0.2) is 9.78 Å². The molecule has 1 aliphatic heterocycles. The minimum atomic E-state index is -0.995. The number of ether oxygens (including phenoxy) is 1. The molecule has 0 aliphatic carbocycles. The quantitative estimate of drug-likeness (QED) is 0.463. The summed E-state index contributed by atoms with van der Waals surface area (Å²) in [6.45, 7) is 6.11. The molecule has 35 heavy (non-hydrogen) atoms. The molecule has 0 saturated heterocycles. The Morgan fingerprint density at radius 2 is 1.66 bits per heavy atom. The number of rotatable bonds is 5. The Morgan fingerprint density at radius 3 is 2.26 bits per heavy atom. The summed E-state index contributed by atoms with van der Waals surface area (Å²) in [6, 6.07) is 19.9. The number of benzene rings is 2. The van der Waals surface area contributed by atoms with Crippen molar-refractivity contribution in [2.45, 2.75) is 39.7 Å². The average molecular weight is 472 g/mol. The lowest BCUT2D eigenvalue weighted by Gasteiger charge is -2.40. The summed E-state index contributed by atoms with van der Waals surface area (Å²) in [5, 5.41) is 9.81. The van der Waals surface area contributed by atoms with Crippen LogP contribution >= 0.6 is 0 Å². The lowest BCUT2D eigenvalue weighted by Crippen LogP contribution is -2.45. The van der Waals surface area contributed by atoms with Gasteiger partial charge in [0.2, 0.25) is 0 Å². The van der Waals surface area contributed by atoms with Crippen LogP contribution in [0.3, 0.4) is 0 Å². The summed E-state index contributed by atoms with van der Waals surface area (Å²) in [6.07, 6.45) is 2.03. The van der Waals surface area contributed by atoms with Gasteiger partial charge in [0.1, 0.15) is 11.5 Å². The van der Waals surface area contributed by atoms with E-state index in [-0.39, 0.29) is 11.5 Å². The maximum Gasteiger partial charge on any atom is 0.411 e. The molecule has 2 aromatic carbocycles. The Bertz CT molecular complexity index is 1260. The molecule has 7 nitrogen and oxygen atoms in total. The van der Waals surface area contributed by atoms with Gasteiger partial charge in [-0.05, 0) is 72.4 Å². The van der Waals surface area contributed by atoms with E-state index in [9.17, 15) is 14.7 Å². The summed E-state index contributed by atoms with van der Waals surface area (Å²) in [5.41, 5.74) is 8.31. The van der Waals surface area contributed by atoms with Gasteiger partial charge >= 0.3 is 6.09 Å². The Kier molecular flexibility index (Phi) is 6.60. The monoisotopic (exact) mass is 471 g/mol. The molecule has 3 N–H and O–H groups in total. The fourth-order valence-corrected chi connectivity index (χ4v) is 4.35. The van der Waals surface area contributed by atoms with Crippen molar-refractivity contribution in [1.82, 2.24) is 9.88 Å². The summed E-state index contributed by atoms with van der Waals surface area (Å²) in [4.78, 5) is 30.2. The number of carboxylic acid groups (broad SMARTS) is 1. The number of allylic oxidation sites excluding steroid dienone is 1. The maximum absolute atomic E-state index is 12.1. The van der Waals surface area contributed by atoms with Crippen molar-refractivity contribution >= 4 is 17.6 Å². The van der Waals surface area contributed by atoms with E-state index in [1.165, 1.54) is 4.90 Å². The highest BCUT2D eigenvalue weighted by Crippen LogP contribution is 2.37. The van der Waals surface area contributed by atoms with Crippen LogP contribution in [0.5, 0.6) is 11.5 Å². The van der Waals surface area contributed by atoms with Crippen molar-refractivity contribution < 1.29 is 19.4 Å². The van der Waals surface area contributed by atoms with E-state index in [0.29, 0.717) is 41.1 Å². The smallest absolute Gasteiger partial charge is 0.411 e. The van der Waals surface area contributed by atoms with Gasteiger partial charge in [0.05, 0.1) is 17.0 Å². The van der Waals surface area contributed by atoms with Crippen LogP contribution < -0.4 is 10.5 Å². The van der Waals surface area contributed by atoms with E-state index in [0.717, 1.165) is 11.3 Å². The zero-order valence-corrected chi connectivity index (χ0v) is 20.1. The van der Waals surface area contributed by atoms with Crippen molar-refractivity contribution in [2.75, 3.05) is 0 Å². The highest BCUT2D eigenvalue weighted by atomic mass is 16.5. The third-order valence-corrected chi connectivity index (χ3v) is 6.13. The van der Waals surface area contributed by atoms with Crippen LogP contribution in [0.25, 0.3) is 16.8 Å². The second-order valence-electron chi connectivity index (χ2n) is 9.66. The molecular formula is C28H29N3O4. The number of nitrogens with two attached hydrogens (primary N) is 1. The number of hydrogen-bond donors (Lipinski definition) is 2. The van der Waals surface area contributed by atoms with Gasteiger partial charge in [-0.2, -0.15) is 0 Å². The molecule has 1 aliphatic rings. The van der Waals surface area contributed by atoms with Crippen molar-refractivity contribution in [1.29, 1.82) is 0 Å². The van der Waals surface area contributed by atoms with Gasteiger partial charge in [0.15, 0.2) is 0 Å². The first kappa shape index (κ1) is 24.0. The van der Waals surface area contributed by atoms with Crippen molar-refractivity contribution in [3.8, 4) is 22.8 Å². The van der Waals surface area contributed by atoms with E-state index >= 15 is 0 Å². The standard InChI is InChI=1S/C28H29N3O4/c1-28(2,3)24-16-11-19(17-31(24)27(33)34)23-15-14-22(26(29)32)25(30-23)18-9-12-21(13-10-18)35-20-7-5-4-6-8-20/h4-10,12-15,17,24H,11,16H2,1-3H3,(H2,29,32)(H,33,34). The molecule has 3 aromatic rings. The van der Waals surface area contributed by atoms with Crippen LogP contribution in [-0.4, -0.2) is 33.0 Å². The number of hydrogen-bond acceptors (Lipinski definition) is 4. The van der Waals surface area contributed by atoms with Gasteiger partial charge in [-0.3, -0.25) is 9.69 Å². The zero-order chi connectivity index (χ0) is 25.2. The fourth-order valence-electron chi connectivity index (χ4n) is 4.35. The van der Waals surface area contributed by atoms with E-state index in [2.05, 4.69) is 0 Å². The number of pyridine rings is 1. The van der Waals surface area contributed by atoms with Crippen LogP contribution in [-0.2, 0) is 0 Å². The SMILES string of the molecule is CC(C)(C)C1CCC(c2ccc(C(N)=O)c(-c3ccc(Oc4ccccc4)cc3)n2)=CN1C(=O)O. The van der Waals surface area contributed by atoms with Crippen LogP contribution in [0.1, 0.15) is 49.7 Å². The third kappa shape index (κ3) is 5.35. The number of carbonyl (C=O) groups excluding carboxylic acids is 1. The highest BCUT2D eigenvalue weighted by molar-refractivity contribution is 5.99. The molecule has 0 spiro atoms. The normalized spacial score (nSPS) is 15.9. The first-order valence-electron chi connectivity index (χ1n) is 11.5. The molecule has 7 heteroatoms. The zero-order valence-electron chi connectivity index (χ0n) is 20.1. The third-order valence-electron chi connectivity index (χ3n) is 6.13. The van der Waals surface area contributed by atoms with Crippen LogP contribution in [0.2, 0.25) is 0 Å². The number of amides is 2. The topological polar surface area (TPSA) is 106 Å². The molecule has 1 aromatic heterocycles. The van der Waals surface area contributed by atoms with Gasteiger partial charge < -0.3 is 15.6 Å². The average Bonchev–Trinajstić information content (AvgIpc) is 2.84. The first-order valence-corrected chi connectivity index (χ1v) is 11.5. The minimum Gasteiger partial charge on any atom is -0.465 e. The molecule has 0 bridgehead atoms. The molecule has 1 unspecified atom stereocenters. The van der Waals surface area contributed by atoms with E-state index in [1.807, 2.05) is 63.2 Å². The molecule has 0 fully saturated rings. The van der Waals surface area contributed by atoms with Crippen molar-refractivity contribution in [3.63, 3.8) is 0 Å². The summed E-state index contributed by atoms with van der Waals surface area (Å²) in [5.74, 6) is 0.789. The summed E-state index contributed by atoms with van der Waals surface area (Å²) < 4.78 is 5.86.